The molecule has 0 saturated heterocycles. The molecule has 0 spiro atoms. The van der Waals surface area contributed by atoms with Gasteiger partial charge in [0.15, 0.2) is 5.75 Å². The summed E-state index contributed by atoms with van der Waals surface area (Å²) in [5.74, 6) is 0.849. The van der Waals surface area contributed by atoms with Gasteiger partial charge in [-0.05, 0) is 29.5 Å². The quantitative estimate of drug-likeness (QED) is 0.746. The number of methoxy groups -OCH3 is 1. The summed E-state index contributed by atoms with van der Waals surface area (Å²) < 4.78 is 7.98. The van der Waals surface area contributed by atoms with Crippen molar-refractivity contribution in [2.75, 3.05) is 7.11 Å². The Kier molecular flexibility index (Phi) is 2.53. The average molecular weight is 252 g/mol. The lowest BCUT2D eigenvalue weighted by Crippen LogP contribution is -1.98. The lowest BCUT2D eigenvalue weighted by atomic mass is 10.6. The number of aromatic nitrogens is 2. The van der Waals surface area contributed by atoms with Crippen molar-refractivity contribution in [2.45, 2.75) is 13.5 Å². The van der Waals surface area contributed by atoms with E-state index in [-0.39, 0.29) is 0 Å². The Labute approximate surface area is 73.5 Å². The van der Waals surface area contributed by atoms with E-state index in [1.807, 2.05) is 4.68 Å². The van der Waals surface area contributed by atoms with Crippen LogP contribution in [0.4, 0.5) is 0 Å². The summed E-state index contributed by atoms with van der Waals surface area (Å²) in [6, 6.07) is 0. The second-order valence-electron chi connectivity index (χ2n) is 1.82. The van der Waals surface area contributed by atoms with Crippen molar-refractivity contribution < 1.29 is 4.74 Å². The predicted octanol–water partition coefficient (Wildman–Crippen LogP) is 1.52. The maximum Gasteiger partial charge on any atom is 0.170 e. The highest BCUT2D eigenvalue weighted by Crippen LogP contribution is 2.18. The molecule has 0 aliphatic heterocycles. The van der Waals surface area contributed by atoms with Gasteiger partial charge >= 0.3 is 0 Å². The fourth-order valence-corrected chi connectivity index (χ4v) is 1.54. The number of hydrogen-bond donors (Lipinski definition) is 0. The number of aryl methyl sites for hydroxylation is 1. The van der Waals surface area contributed by atoms with Gasteiger partial charge in [-0.1, -0.05) is 0 Å². The maximum atomic E-state index is 5.04. The van der Waals surface area contributed by atoms with Crippen LogP contribution in [-0.2, 0) is 6.54 Å². The van der Waals surface area contributed by atoms with Gasteiger partial charge in [0.05, 0.1) is 13.3 Å². The van der Waals surface area contributed by atoms with Crippen molar-refractivity contribution >= 4 is 22.6 Å². The first kappa shape index (κ1) is 7.84. The van der Waals surface area contributed by atoms with Crippen molar-refractivity contribution in [1.29, 1.82) is 0 Å². The smallest absolute Gasteiger partial charge is 0.170 e. The Bertz CT molecular complexity index is 200. The molecule has 0 unspecified atom stereocenters. The van der Waals surface area contributed by atoms with E-state index in [2.05, 4.69) is 34.6 Å². The molecule has 4 heteroatoms. The number of rotatable bonds is 2. The first-order chi connectivity index (χ1) is 4.79. The lowest BCUT2D eigenvalue weighted by molar-refractivity contribution is 0.410. The van der Waals surface area contributed by atoms with Gasteiger partial charge in [-0.3, -0.25) is 4.68 Å². The monoisotopic (exact) mass is 252 g/mol. The first-order valence-electron chi connectivity index (χ1n) is 3.05. The topological polar surface area (TPSA) is 27.1 Å². The first-order valence-corrected chi connectivity index (χ1v) is 4.12. The SMILES string of the molecule is CCn1ncc(OC)c1I. The normalized spacial score (nSPS) is 9.90. The van der Waals surface area contributed by atoms with Crippen molar-refractivity contribution in [3.05, 3.63) is 9.90 Å². The van der Waals surface area contributed by atoms with Crippen LogP contribution in [0.2, 0.25) is 0 Å². The zero-order valence-corrected chi connectivity index (χ0v) is 8.12. The third kappa shape index (κ3) is 1.25. The molecular formula is C6H9IN2O. The van der Waals surface area contributed by atoms with Crippen LogP contribution in [0.1, 0.15) is 6.92 Å². The molecule has 0 bridgehead atoms. The second kappa shape index (κ2) is 3.23. The predicted molar refractivity (Wildman–Crippen MR) is 47.2 cm³/mol. The Morgan fingerprint density at radius 1 is 1.80 bits per heavy atom. The fourth-order valence-electron chi connectivity index (χ4n) is 0.711. The Morgan fingerprint density at radius 2 is 2.50 bits per heavy atom. The van der Waals surface area contributed by atoms with Crippen LogP contribution < -0.4 is 4.74 Å². The van der Waals surface area contributed by atoms with Crippen LogP contribution in [0.3, 0.4) is 0 Å². The summed E-state index contributed by atoms with van der Waals surface area (Å²) in [5, 5.41) is 4.09. The van der Waals surface area contributed by atoms with Gasteiger partial charge in [0.2, 0.25) is 0 Å². The van der Waals surface area contributed by atoms with Crippen LogP contribution in [0.5, 0.6) is 5.75 Å². The standard InChI is InChI=1S/C6H9IN2O/c1-3-9-6(7)5(10-2)4-8-9/h4H,3H2,1-2H3. The third-order valence-corrected chi connectivity index (χ3v) is 2.35. The molecule has 0 aliphatic carbocycles. The minimum absolute atomic E-state index is 0.849. The third-order valence-electron chi connectivity index (χ3n) is 1.26. The molecule has 0 radical (unpaired) electrons. The molecule has 1 heterocycles. The number of ether oxygens (including phenoxy) is 1. The van der Waals surface area contributed by atoms with Gasteiger partial charge < -0.3 is 4.74 Å². The molecule has 3 nitrogen and oxygen atoms in total. The van der Waals surface area contributed by atoms with Crippen molar-refractivity contribution in [3.8, 4) is 5.75 Å². The van der Waals surface area contributed by atoms with Gasteiger partial charge in [0.25, 0.3) is 0 Å². The molecule has 0 atom stereocenters. The largest absolute Gasteiger partial charge is 0.492 e. The molecule has 0 N–H and O–H groups in total. The van der Waals surface area contributed by atoms with E-state index in [1.54, 1.807) is 13.3 Å². The van der Waals surface area contributed by atoms with E-state index in [4.69, 9.17) is 4.74 Å². The van der Waals surface area contributed by atoms with Crippen LogP contribution in [0, 0.1) is 3.70 Å². The average Bonchev–Trinajstić information content (AvgIpc) is 2.30. The van der Waals surface area contributed by atoms with E-state index in [1.165, 1.54) is 0 Å². The molecule has 10 heavy (non-hydrogen) atoms. The van der Waals surface area contributed by atoms with Crippen LogP contribution >= 0.6 is 22.6 Å². The summed E-state index contributed by atoms with van der Waals surface area (Å²) in [5.41, 5.74) is 0. The maximum absolute atomic E-state index is 5.04. The minimum Gasteiger partial charge on any atom is -0.492 e. The highest BCUT2D eigenvalue weighted by molar-refractivity contribution is 14.1. The summed E-state index contributed by atoms with van der Waals surface area (Å²) in [4.78, 5) is 0. The highest BCUT2D eigenvalue weighted by atomic mass is 127. The Morgan fingerprint density at radius 3 is 2.80 bits per heavy atom. The van der Waals surface area contributed by atoms with E-state index in [0.717, 1.165) is 16.0 Å². The summed E-state index contributed by atoms with van der Waals surface area (Å²) in [6.45, 7) is 2.94. The molecule has 0 aliphatic rings. The van der Waals surface area contributed by atoms with Crippen LogP contribution in [0.25, 0.3) is 0 Å². The van der Waals surface area contributed by atoms with E-state index < -0.39 is 0 Å². The Hall–Kier alpha value is -0.260. The summed E-state index contributed by atoms with van der Waals surface area (Å²) >= 11 is 2.21. The number of halogens is 1. The molecule has 0 saturated carbocycles. The molecular weight excluding hydrogens is 243 g/mol. The zero-order valence-electron chi connectivity index (χ0n) is 5.97. The molecule has 1 aromatic heterocycles. The van der Waals surface area contributed by atoms with E-state index in [0.29, 0.717) is 0 Å². The molecule has 0 amide bonds. The molecule has 56 valence electrons. The second-order valence-corrected chi connectivity index (χ2v) is 2.84. The molecule has 0 aromatic carbocycles. The van der Waals surface area contributed by atoms with Crippen LogP contribution in [0.15, 0.2) is 6.20 Å². The van der Waals surface area contributed by atoms with Gasteiger partial charge in [-0.25, -0.2) is 0 Å². The van der Waals surface area contributed by atoms with Gasteiger partial charge in [0.1, 0.15) is 3.70 Å². The van der Waals surface area contributed by atoms with E-state index >= 15 is 0 Å². The molecule has 1 rings (SSSR count). The summed E-state index contributed by atoms with van der Waals surface area (Å²) in [7, 11) is 1.65. The van der Waals surface area contributed by atoms with Crippen molar-refractivity contribution in [3.63, 3.8) is 0 Å². The molecule has 0 fully saturated rings. The number of nitrogens with zero attached hydrogens (tertiary/aromatic N) is 2. The van der Waals surface area contributed by atoms with Gasteiger partial charge in [-0.2, -0.15) is 5.10 Å². The Balaban J connectivity index is 2.97. The fraction of sp³-hybridized carbons (Fsp3) is 0.500. The summed E-state index contributed by atoms with van der Waals surface area (Å²) in [6.07, 6.45) is 1.73. The van der Waals surface area contributed by atoms with Crippen LogP contribution in [-0.4, -0.2) is 16.9 Å². The van der Waals surface area contributed by atoms with E-state index in [9.17, 15) is 0 Å². The molecule has 1 aromatic rings. The van der Waals surface area contributed by atoms with Gasteiger partial charge in [0, 0.05) is 6.54 Å². The zero-order chi connectivity index (χ0) is 7.56. The lowest BCUT2D eigenvalue weighted by Gasteiger charge is -1.97. The minimum atomic E-state index is 0.849. The van der Waals surface area contributed by atoms with Crippen molar-refractivity contribution in [2.24, 2.45) is 0 Å². The van der Waals surface area contributed by atoms with Crippen molar-refractivity contribution in [1.82, 2.24) is 9.78 Å². The van der Waals surface area contributed by atoms with Gasteiger partial charge in [-0.15, -0.1) is 0 Å². The number of hydrogen-bond acceptors (Lipinski definition) is 2. The highest BCUT2D eigenvalue weighted by Gasteiger charge is 2.04.